The minimum Gasteiger partial charge on any atom is -0.294 e. The molecule has 0 heterocycles. The van der Waals surface area contributed by atoms with Crippen LogP contribution in [0.15, 0.2) is 12.2 Å². The molecule has 0 spiro atoms. The number of rotatable bonds is 4. The van der Waals surface area contributed by atoms with Gasteiger partial charge in [0.2, 0.25) is 0 Å². The third kappa shape index (κ3) is 2.81. The van der Waals surface area contributed by atoms with Crippen LogP contribution in [0.1, 0.15) is 33.6 Å². The predicted molar refractivity (Wildman–Crippen MR) is 43.9 cm³/mol. The second-order valence-corrected chi connectivity index (χ2v) is 2.83. The van der Waals surface area contributed by atoms with Gasteiger partial charge in [0.15, 0.2) is 5.78 Å². The highest BCUT2D eigenvalue weighted by atomic mass is 16.1. The minimum absolute atomic E-state index is 0.169. The first-order valence-corrected chi connectivity index (χ1v) is 3.79. The van der Waals surface area contributed by atoms with Crippen LogP contribution in [0.3, 0.4) is 0 Å². The zero-order chi connectivity index (χ0) is 8.15. The first-order chi connectivity index (χ1) is 4.59. The molecule has 0 aliphatic heterocycles. The average molecular weight is 140 g/mol. The standard InChI is InChI=1S/C9H16O/c1-5-6-8(4)9(10)7(2)3/h8H,2,5-6H2,1,3-4H3. The van der Waals surface area contributed by atoms with Gasteiger partial charge in [-0.2, -0.15) is 0 Å². The number of carbonyl (C=O) groups is 1. The molecule has 0 aromatic heterocycles. The van der Waals surface area contributed by atoms with Crippen LogP contribution < -0.4 is 0 Å². The van der Waals surface area contributed by atoms with Crippen molar-refractivity contribution in [2.45, 2.75) is 33.6 Å². The maximum absolute atomic E-state index is 11.1. The van der Waals surface area contributed by atoms with E-state index in [1.807, 2.05) is 6.92 Å². The number of hydrogen-bond donors (Lipinski definition) is 0. The van der Waals surface area contributed by atoms with Crippen LogP contribution in [-0.4, -0.2) is 5.78 Å². The fourth-order valence-corrected chi connectivity index (χ4v) is 0.985. The van der Waals surface area contributed by atoms with E-state index in [0.717, 1.165) is 12.8 Å². The Morgan fingerprint density at radius 2 is 2.10 bits per heavy atom. The summed E-state index contributed by atoms with van der Waals surface area (Å²) in [5.74, 6) is 0.379. The Bertz CT molecular complexity index is 136. The van der Waals surface area contributed by atoms with Crippen molar-refractivity contribution in [3.8, 4) is 0 Å². The molecule has 1 heteroatoms. The molecular formula is C9H16O. The maximum atomic E-state index is 11.1. The molecule has 0 saturated carbocycles. The van der Waals surface area contributed by atoms with E-state index in [1.165, 1.54) is 0 Å². The van der Waals surface area contributed by atoms with Crippen molar-refractivity contribution in [1.82, 2.24) is 0 Å². The summed E-state index contributed by atoms with van der Waals surface area (Å²) in [4.78, 5) is 11.1. The molecule has 0 aliphatic rings. The topological polar surface area (TPSA) is 17.1 Å². The van der Waals surface area contributed by atoms with Gasteiger partial charge in [-0.15, -0.1) is 0 Å². The van der Waals surface area contributed by atoms with E-state index in [4.69, 9.17) is 0 Å². The first kappa shape index (κ1) is 9.41. The largest absolute Gasteiger partial charge is 0.294 e. The Labute approximate surface area is 63.1 Å². The van der Waals surface area contributed by atoms with Gasteiger partial charge in [-0.05, 0) is 18.9 Å². The Balaban J connectivity index is 3.82. The van der Waals surface area contributed by atoms with Crippen molar-refractivity contribution in [3.63, 3.8) is 0 Å². The number of allylic oxidation sites excluding steroid dienone is 1. The SMILES string of the molecule is C=C(C)C(=O)C(C)CCC. The number of Topliss-reactive ketones (excluding diaryl/α,β-unsaturated/α-hetero) is 1. The Morgan fingerprint density at radius 1 is 1.60 bits per heavy atom. The molecule has 1 nitrogen and oxygen atoms in total. The van der Waals surface area contributed by atoms with E-state index >= 15 is 0 Å². The van der Waals surface area contributed by atoms with Gasteiger partial charge in [-0.1, -0.05) is 26.8 Å². The summed E-state index contributed by atoms with van der Waals surface area (Å²) in [7, 11) is 0. The summed E-state index contributed by atoms with van der Waals surface area (Å²) < 4.78 is 0. The number of hydrogen-bond acceptors (Lipinski definition) is 1. The quantitative estimate of drug-likeness (QED) is 0.548. The lowest BCUT2D eigenvalue weighted by Gasteiger charge is -2.06. The molecule has 0 rings (SSSR count). The normalized spacial score (nSPS) is 12.7. The highest BCUT2D eigenvalue weighted by molar-refractivity contribution is 5.95. The van der Waals surface area contributed by atoms with Gasteiger partial charge in [0.05, 0.1) is 0 Å². The minimum atomic E-state index is 0.169. The average Bonchev–Trinajstić information content (AvgIpc) is 1.87. The van der Waals surface area contributed by atoms with Crippen molar-refractivity contribution in [2.75, 3.05) is 0 Å². The second kappa shape index (κ2) is 4.26. The van der Waals surface area contributed by atoms with Gasteiger partial charge < -0.3 is 0 Å². The van der Waals surface area contributed by atoms with E-state index in [-0.39, 0.29) is 11.7 Å². The van der Waals surface area contributed by atoms with E-state index in [1.54, 1.807) is 6.92 Å². The smallest absolute Gasteiger partial charge is 0.160 e. The summed E-state index contributed by atoms with van der Waals surface area (Å²) in [5.41, 5.74) is 0.681. The van der Waals surface area contributed by atoms with Gasteiger partial charge in [0, 0.05) is 5.92 Å². The van der Waals surface area contributed by atoms with Crippen molar-refractivity contribution in [2.24, 2.45) is 5.92 Å². The summed E-state index contributed by atoms with van der Waals surface area (Å²) in [5, 5.41) is 0. The second-order valence-electron chi connectivity index (χ2n) is 2.83. The first-order valence-electron chi connectivity index (χ1n) is 3.79. The molecule has 0 aromatic rings. The number of ketones is 1. The third-order valence-electron chi connectivity index (χ3n) is 1.59. The van der Waals surface area contributed by atoms with Crippen molar-refractivity contribution >= 4 is 5.78 Å². The van der Waals surface area contributed by atoms with E-state index < -0.39 is 0 Å². The maximum Gasteiger partial charge on any atom is 0.160 e. The van der Waals surface area contributed by atoms with Crippen LogP contribution in [0.5, 0.6) is 0 Å². The summed E-state index contributed by atoms with van der Waals surface area (Å²) in [6.07, 6.45) is 2.05. The molecule has 0 saturated heterocycles. The van der Waals surface area contributed by atoms with Gasteiger partial charge >= 0.3 is 0 Å². The Kier molecular flexibility index (Phi) is 4.01. The number of carbonyl (C=O) groups excluding carboxylic acids is 1. The van der Waals surface area contributed by atoms with Crippen molar-refractivity contribution < 1.29 is 4.79 Å². The van der Waals surface area contributed by atoms with E-state index in [0.29, 0.717) is 5.57 Å². The molecule has 1 unspecified atom stereocenters. The molecule has 0 radical (unpaired) electrons. The molecular weight excluding hydrogens is 124 g/mol. The van der Waals surface area contributed by atoms with Crippen LogP contribution in [0.25, 0.3) is 0 Å². The van der Waals surface area contributed by atoms with Crippen LogP contribution in [0.2, 0.25) is 0 Å². The van der Waals surface area contributed by atoms with E-state index in [2.05, 4.69) is 13.5 Å². The highest BCUT2D eigenvalue weighted by Crippen LogP contribution is 2.10. The summed E-state index contributed by atoms with van der Waals surface area (Å²) in [6, 6.07) is 0. The summed E-state index contributed by atoms with van der Waals surface area (Å²) in [6.45, 7) is 9.43. The lowest BCUT2D eigenvalue weighted by molar-refractivity contribution is -0.118. The van der Waals surface area contributed by atoms with Crippen LogP contribution >= 0.6 is 0 Å². The summed E-state index contributed by atoms with van der Waals surface area (Å²) >= 11 is 0. The molecule has 0 aliphatic carbocycles. The molecule has 0 bridgehead atoms. The lowest BCUT2D eigenvalue weighted by Crippen LogP contribution is -2.10. The fourth-order valence-electron chi connectivity index (χ4n) is 0.985. The van der Waals surface area contributed by atoms with Gasteiger partial charge in [0.25, 0.3) is 0 Å². The zero-order valence-electron chi connectivity index (χ0n) is 7.11. The molecule has 1 atom stereocenters. The lowest BCUT2D eigenvalue weighted by atomic mass is 9.97. The predicted octanol–water partition coefficient (Wildman–Crippen LogP) is 2.57. The van der Waals surface area contributed by atoms with Gasteiger partial charge in [0.1, 0.15) is 0 Å². The van der Waals surface area contributed by atoms with Crippen molar-refractivity contribution in [1.29, 1.82) is 0 Å². The van der Waals surface area contributed by atoms with Crippen LogP contribution in [0.4, 0.5) is 0 Å². The van der Waals surface area contributed by atoms with Crippen molar-refractivity contribution in [3.05, 3.63) is 12.2 Å². The molecule has 0 amide bonds. The Morgan fingerprint density at radius 3 is 2.40 bits per heavy atom. The molecule has 58 valence electrons. The molecule has 0 aromatic carbocycles. The monoisotopic (exact) mass is 140 g/mol. The van der Waals surface area contributed by atoms with Gasteiger partial charge in [-0.25, -0.2) is 0 Å². The Hall–Kier alpha value is -0.590. The molecule has 10 heavy (non-hydrogen) atoms. The fraction of sp³-hybridized carbons (Fsp3) is 0.667. The zero-order valence-corrected chi connectivity index (χ0v) is 7.11. The van der Waals surface area contributed by atoms with Crippen LogP contribution in [0, 0.1) is 5.92 Å². The molecule has 0 fully saturated rings. The molecule has 0 N–H and O–H groups in total. The highest BCUT2D eigenvalue weighted by Gasteiger charge is 2.10. The van der Waals surface area contributed by atoms with Gasteiger partial charge in [-0.3, -0.25) is 4.79 Å². The van der Waals surface area contributed by atoms with E-state index in [9.17, 15) is 4.79 Å². The van der Waals surface area contributed by atoms with Crippen LogP contribution in [-0.2, 0) is 4.79 Å². The third-order valence-corrected chi connectivity index (χ3v) is 1.59.